The first kappa shape index (κ1) is 20.5. The second-order valence-corrected chi connectivity index (χ2v) is 8.32. The summed E-state index contributed by atoms with van der Waals surface area (Å²) in [6.45, 7) is 14.5. The number of unbranched alkanes of at least 4 members (excludes halogenated alkanes) is 2. The normalized spacial score (nSPS) is 18.2. The van der Waals surface area contributed by atoms with Crippen molar-refractivity contribution in [2.24, 2.45) is 0 Å². The molecule has 1 fully saturated rings. The minimum atomic E-state index is -0.456. The summed E-state index contributed by atoms with van der Waals surface area (Å²) in [5.74, 6) is 0. The van der Waals surface area contributed by atoms with Crippen LogP contribution in [0, 0.1) is 6.92 Å². The summed E-state index contributed by atoms with van der Waals surface area (Å²) < 4.78 is 5.56. The minimum absolute atomic E-state index is 0.121. The van der Waals surface area contributed by atoms with Gasteiger partial charge in [-0.15, -0.1) is 0 Å². The smallest absolute Gasteiger partial charge is 0.410 e. The number of rotatable bonds is 5. The monoisotopic (exact) mass is 361 g/mol. The van der Waals surface area contributed by atoms with Crippen molar-refractivity contribution in [3.63, 3.8) is 0 Å². The van der Waals surface area contributed by atoms with E-state index in [1.54, 1.807) is 0 Å². The number of piperazine rings is 1. The molecule has 0 N–H and O–H groups in total. The zero-order valence-corrected chi connectivity index (χ0v) is 17.3. The highest BCUT2D eigenvalue weighted by Crippen LogP contribution is 2.27. The predicted molar refractivity (Wildman–Crippen MR) is 107 cm³/mol. The van der Waals surface area contributed by atoms with E-state index in [1.807, 2.05) is 31.9 Å². The average molecular weight is 362 g/mol. The Labute approximate surface area is 158 Å². The van der Waals surface area contributed by atoms with Crippen LogP contribution in [0.4, 0.5) is 10.5 Å². The molecule has 0 radical (unpaired) electrons. The van der Waals surface area contributed by atoms with E-state index in [0.717, 1.165) is 25.2 Å². The molecule has 0 saturated carbocycles. The van der Waals surface area contributed by atoms with Gasteiger partial charge < -0.3 is 14.5 Å². The molecule has 2 rings (SSSR count). The third-order valence-electron chi connectivity index (χ3n) is 4.87. The average Bonchev–Trinajstić information content (AvgIpc) is 2.54. The molecule has 5 nitrogen and oxygen atoms in total. The third-order valence-corrected chi connectivity index (χ3v) is 4.87. The summed E-state index contributed by atoms with van der Waals surface area (Å²) in [4.78, 5) is 21.2. The fourth-order valence-corrected chi connectivity index (χ4v) is 3.51. The van der Waals surface area contributed by atoms with Gasteiger partial charge in [0.2, 0.25) is 0 Å². The zero-order valence-electron chi connectivity index (χ0n) is 17.3. The molecule has 0 bridgehead atoms. The lowest BCUT2D eigenvalue weighted by Crippen LogP contribution is -2.55. The Bertz CT molecular complexity index is 610. The van der Waals surface area contributed by atoms with E-state index >= 15 is 0 Å². The molecule has 26 heavy (non-hydrogen) atoms. The lowest BCUT2D eigenvalue weighted by atomic mass is 10.0. The van der Waals surface area contributed by atoms with Crippen molar-refractivity contribution in [1.82, 2.24) is 9.88 Å². The van der Waals surface area contributed by atoms with Crippen LogP contribution in [-0.2, 0) is 11.2 Å². The Morgan fingerprint density at radius 1 is 1.31 bits per heavy atom. The molecule has 0 aliphatic carbocycles. The van der Waals surface area contributed by atoms with Crippen LogP contribution in [0.1, 0.15) is 65.1 Å². The maximum atomic E-state index is 12.4. The number of amides is 1. The van der Waals surface area contributed by atoms with Gasteiger partial charge in [0.1, 0.15) is 5.60 Å². The van der Waals surface area contributed by atoms with E-state index in [2.05, 4.69) is 36.7 Å². The molecule has 1 unspecified atom stereocenters. The van der Waals surface area contributed by atoms with Gasteiger partial charge in [0.15, 0.2) is 0 Å². The Balaban J connectivity index is 2.09. The first-order valence-electron chi connectivity index (χ1n) is 9.92. The molecule has 1 aromatic rings. The van der Waals surface area contributed by atoms with E-state index in [4.69, 9.17) is 4.74 Å². The molecule has 146 valence electrons. The molecule has 0 spiro atoms. The number of anilines is 1. The van der Waals surface area contributed by atoms with Crippen LogP contribution < -0.4 is 4.90 Å². The molecule has 2 heterocycles. The van der Waals surface area contributed by atoms with Gasteiger partial charge >= 0.3 is 6.09 Å². The first-order chi connectivity index (χ1) is 12.2. The summed E-state index contributed by atoms with van der Waals surface area (Å²) >= 11 is 0. The second kappa shape index (κ2) is 8.74. The summed E-state index contributed by atoms with van der Waals surface area (Å²) in [5.41, 5.74) is 3.31. The van der Waals surface area contributed by atoms with Crippen LogP contribution in [-0.4, -0.2) is 47.3 Å². The van der Waals surface area contributed by atoms with Gasteiger partial charge in [0.05, 0.1) is 0 Å². The Morgan fingerprint density at radius 3 is 2.65 bits per heavy atom. The number of aromatic nitrogens is 1. The van der Waals surface area contributed by atoms with Gasteiger partial charge in [-0.3, -0.25) is 4.98 Å². The lowest BCUT2D eigenvalue weighted by molar-refractivity contribution is 0.0159. The molecule has 5 heteroatoms. The second-order valence-electron chi connectivity index (χ2n) is 8.32. The SMILES string of the molecule is CCCCCc1c(N2CCN(C(=O)OC(C)(C)C)C(C)C2)ccnc1C. The van der Waals surface area contributed by atoms with Crippen molar-refractivity contribution in [2.45, 2.75) is 78.9 Å². The molecule has 1 aliphatic heterocycles. The Kier molecular flexibility index (Phi) is 6.90. The summed E-state index contributed by atoms with van der Waals surface area (Å²) in [7, 11) is 0. The topological polar surface area (TPSA) is 45.7 Å². The molecule has 1 aliphatic rings. The van der Waals surface area contributed by atoms with Crippen LogP contribution in [0.3, 0.4) is 0 Å². The number of ether oxygens (including phenoxy) is 1. The standard InChI is InChI=1S/C21H35N3O2/c1-7-8-9-10-18-17(3)22-12-11-19(18)23-13-14-24(16(2)15-23)20(25)26-21(4,5)6/h11-12,16H,7-10,13-15H2,1-6H3. The molecule has 1 aromatic heterocycles. The van der Waals surface area contributed by atoms with Crippen LogP contribution in [0.5, 0.6) is 0 Å². The number of aryl methyl sites for hydroxylation is 1. The molecule has 1 amide bonds. The quantitative estimate of drug-likeness (QED) is 0.721. The van der Waals surface area contributed by atoms with Crippen molar-refractivity contribution in [3.8, 4) is 0 Å². The summed E-state index contributed by atoms with van der Waals surface area (Å²) in [6.07, 6.45) is 6.43. The first-order valence-corrected chi connectivity index (χ1v) is 9.92. The highest BCUT2D eigenvalue weighted by atomic mass is 16.6. The molecule has 1 atom stereocenters. The number of nitrogens with zero attached hydrogens (tertiary/aromatic N) is 3. The van der Waals surface area contributed by atoms with Gasteiger partial charge in [0.25, 0.3) is 0 Å². The molecule has 1 saturated heterocycles. The van der Waals surface area contributed by atoms with Crippen molar-refractivity contribution in [1.29, 1.82) is 0 Å². The lowest BCUT2D eigenvalue weighted by Gasteiger charge is -2.41. The van der Waals surface area contributed by atoms with E-state index in [1.165, 1.54) is 30.5 Å². The van der Waals surface area contributed by atoms with Gasteiger partial charge in [-0.2, -0.15) is 0 Å². The van der Waals surface area contributed by atoms with Crippen LogP contribution >= 0.6 is 0 Å². The zero-order chi connectivity index (χ0) is 19.3. The third kappa shape index (κ3) is 5.36. The van der Waals surface area contributed by atoms with E-state index in [9.17, 15) is 4.79 Å². The Morgan fingerprint density at radius 2 is 2.04 bits per heavy atom. The number of hydrogen-bond acceptors (Lipinski definition) is 4. The molecule has 0 aromatic carbocycles. The molecular weight excluding hydrogens is 326 g/mol. The van der Waals surface area contributed by atoms with Crippen molar-refractivity contribution in [3.05, 3.63) is 23.5 Å². The number of hydrogen-bond donors (Lipinski definition) is 0. The highest BCUT2D eigenvalue weighted by Gasteiger charge is 2.31. The molecular formula is C21H35N3O2. The number of carbonyl (C=O) groups excluding carboxylic acids is 1. The number of pyridine rings is 1. The van der Waals surface area contributed by atoms with Crippen LogP contribution in [0.2, 0.25) is 0 Å². The summed E-state index contributed by atoms with van der Waals surface area (Å²) in [6, 6.07) is 2.25. The minimum Gasteiger partial charge on any atom is -0.444 e. The predicted octanol–water partition coefficient (Wildman–Crippen LogP) is 4.57. The largest absolute Gasteiger partial charge is 0.444 e. The van der Waals surface area contributed by atoms with Crippen molar-refractivity contribution in [2.75, 3.05) is 24.5 Å². The fraction of sp³-hybridized carbons (Fsp3) is 0.714. The van der Waals surface area contributed by atoms with Crippen molar-refractivity contribution < 1.29 is 9.53 Å². The maximum absolute atomic E-state index is 12.4. The maximum Gasteiger partial charge on any atom is 0.410 e. The van der Waals surface area contributed by atoms with Gasteiger partial charge in [-0.1, -0.05) is 19.8 Å². The van der Waals surface area contributed by atoms with Gasteiger partial charge in [0, 0.05) is 43.3 Å². The fourth-order valence-electron chi connectivity index (χ4n) is 3.51. The number of carbonyl (C=O) groups is 1. The van der Waals surface area contributed by atoms with Gasteiger partial charge in [-0.05, 0) is 59.1 Å². The van der Waals surface area contributed by atoms with E-state index in [-0.39, 0.29) is 12.1 Å². The highest BCUT2D eigenvalue weighted by molar-refractivity contribution is 5.69. The van der Waals surface area contributed by atoms with E-state index in [0.29, 0.717) is 6.54 Å². The Hall–Kier alpha value is -1.78. The van der Waals surface area contributed by atoms with Crippen LogP contribution in [0.15, 0.2) is 12.3 Å². The van der Waals surface area contributed by atoms with Gasteiger partial charge in [-0.25, -0.2) is 4.79 Å². The van der Waals surface area contributed by atoms with Crippen LogP contribution in [0.25, 0.3) is 0 Å². The van der Waals surface area contributed by atoms with E-state index < -0.39 is 5.60 Å². The van der Waals surface area contributed by atoms with Crippen molar-refractivity contribution >= 4 is 11.8 Å². The summed E-state index contributed by atoms with van der Waals surface area (Å²) in [5, 5.41) is 0.